The number of sulfonamides is 1. The molecule has 6 nitrogen and oxygen atoms in total. The van der Waals surface area contributed by atoms with Crippen molar-refractivity contribution in [1.29, 1.82) is 0 Å². The Morgan fingerprint density at radius 2 is 2.00 bits per heavy atom. The highest BCUT2D eigenvalue weighted by Gasteiger charge is 2.58. The quantitative estimate of drug-likeness (QED) is 0.877. The molecule has 1 saturated carbocycles. The molecule has 144 valence electrons. The summed E-state index contributed by atoms with van der Waals surface area (Å²) in [7, 11) is -3.14. The maximum absolute atomic E-state index is 12.1. The van der Waals surface area contributed by atoms with Gasteiger partial charge in [-0.1, -0.05) is 24.3 Å². The van der Waals surface area contributed by atoms with E-state index in [1.54, 1.807) is 11.2 Å². The van der Waals surface area contributed by atoms with E-state index < -0.39 is 16.1 Å². The molecule has 0 unspecified atom stereocenters. The number of piperidine rings is 1. The monoisotopic (exact) mass is 387 g/mol. The van der Waals surface area contributed by atoms with Gasteiger partial charge in [0.15, 0.2) is 0 Å². The van der Waals surface area contributed by atoms with Gasteiger partial charge in [0, 0.05) is 24.6 Å². The van der Waals surface area contributed by atoms with Crippen LogP contribution in [-0.2, 0) is 10.0 Å². The number of aliphatic hydroxyl groups excluding tert-OH is 1. The molecule has 3 heterocycles. The molecule has 3 atom stereocenters. The SMILES string of the molecule is CCS(=O)(=O)N1CCC2(CC1)C[C@H]([C@H]1c3ccccc3-c3cncn31)[C@H]2O. The van der Waals surface area contributed by atoms with Crippen molar-refractivity contribution < 1.29 is 13.5 Å². The van der Waals surface area contributed by atoms with Gasteiger partial charge in [-0.05, 0) is 37.2 Å². The average molecular weight is 388 g/mol. The van der Waals surface area contributed by atoms with Crippen molar-refractivity contribution in [1.82, 2.24) is 13.9 Å². The average Bonchev–Trinajstić information content (AvgIpc) is 3.27. The summed E-state index contributed by atoms with van der Waals surface area (Å²) in [5.74, 6) is 0.295. The predicted octanol–water partition coefficient (Wildman–Crippen LogP) is 2.27. The van der Waals surface area contributed by atoms with Crippen molar-refractivity contribution in [3.63, 3.8) is 0 Å². The van der Waals surface area contributed by atoms with Gasteiger partial charge in [0.05, 0.1) is 36.1 Å². The molecule has 3 aliphatic rings. The zero-order chi connectivity index (χ0) is 18.8. The molecule has 2 aliphatic heterocycles. The summed E-state index contributed by atoms with van der Waals surface area (Å²) in [5.41, 5.74) is 3.45. The van der Waals surface area contributed by atoms with Gasteiger partial charge in [-0.2, -0.15) is 0 Å². The van der Waals surface area contributed by atoms with Crippen LogP contribution in [0.15, 0.2) is 36.8 Å². The fourth-order valence-corrected chi connectivity index (χ4v) is 6.59. The van der Waals surface area contributed by atoms with Gasteiger partial charge >= 0.3 is 0 Å². The van der Waals surface area contributed by atoms with E-state index in [2.05, 4.69) is 27.8 Å². The van der Waals surface area contributed by atoms with Crippen LogP contribution in [0.4, 0.5) is 0 Å². The van der Waals surface area contributed by atoms with Gasteiger partial charge in [-0.25, -0.2) is 17.7 Å². The number of fused-ring (bicyclic) bond motifs is 3. The Hall–Kier alpha value is -1.70. The lowest BCUT2D eigenvalue weighted by Crippen LogP contribution is -2.59. The van der Waals surface area contributed by atoms with Crippen LogP contribution in [0, 0.1) is 11.3 Å². The molecule has 2 fully saturated rings. The van der Waals surface area contributed by atoms with Gasteiger partial charge in [-0.3, -0.25) is 0 Å². The summed E-state index contributed by atoms with van der Waals surface area (Å²) >= 11 is 0. The topological polar surface area (TPSA) is 75.4 Å². The molecule has 1 aromatic carbocycles. The number of rotatable bonds is 3. The normalized spacial score (nSPS) is 29.3. The lowest BCUT2D eigenvalue weighted by Gasteiger charge is -2.57. The Bertz CT molecular complexity index is 976. The Balaban J connectivity index is 1.37. The van der Waals surface area contributed by atoms with Gasteiger partial charge in [-0.15, -0.1) is 0 Å². The van der Waals surface area contributed by atoms with E-state index in [0.29, 0.717) is 13.1 Å². The number of nitrogens with zero attached hydrogens (tertiary/aromatic N) is 3. The zero-order valence-corrected chi connectivity index (χ0v) is 16.3. The Labute approximate surface area is 159 Å². The van der Waals surface area contributed by atoms with Gasteiger partial charge < -0.3 is 9.67 Å². The van der Waals surface area contributed by atoms with Crippen LogP contribution < -0.4 is 0 Å². The van der Waals surface area contributed by atoms with Crippen molar-refractivity contribution in [3.8, 4) is 11.3 Å². The van der Waals surface area contributed by atoms with E-state index in [-0.39, 0.29) is 23.1 Å². The standard InChI is InChI=1S/C20H25N3O3S/c1-2-27(25,26)22-9-7-20(8-10-22)11-16(19(20)24)18-15-6-4-3-5-14(15)17-12-21-13-23(17)18/h3-6,12-13,16,18-19,24H,2,7-11H2,1H3/t16-,18-,19-/m1/s1. The first kappa shape index (κ1) is 17.4. The van der Waals surface area contributed by atoms with Gasteiger partial charge in [0.25, 0.3) is 0 Å². The number of aromatic nitrogens is 2. The Kier molecular flexibility index (Phi) is 3.80. The molecule has 0 amide bonds. The van der Waals surface area contributed by atoms with Gasteiger partial charge in [0.2, 0.25) is 10.0 Å². The first-order valence-corrected chi connectivity index (χ1v) is 11.3. The molecule has 1 aromatic heterocycles. The summed E-state index contributed by atoms with van der Waals surface area (Å²) in [6, 6.07) is 8.50. The molecule has 1 spiro atoms. The maximum atomic E-state index is 12.1. The first-order chi connectivity index (χ1) is 13.0. The smallest absolute Gasteiger partial charge is 0.213 e. The van der Waals surface area contributed by atoms with Crippen molar-refractivity contribution >= 4 is 10.0 Å². The number of imidazole rings is 1. The minimum Gasteiger partial charge on any atom is -0.392 e. The molecular formula is C20H25N3O3S. The van der Waals surface area contributed by atoms with Crippen LogP contribution in [0.1, 0.15) is 37.8 Å². The third kappa shape index (κ3) is 2.38. The summed E-state index contributed by atoms with van der Waals surface area (Å²) in [6.45, 7) is 2.74. The molecule has 1 saturated heterocycles. The molecular weight excluding hydrogens is 362 g/mol. The number of hydrogen-bond acceptors (Lipinski definition) is 4. The lowest BCUT2D eigenvalue weighted by molar-refractivity contribution is -0.152. The summed E-state index contributed by atoms with van der Waals surface area (Å²) in [6.07, 6.45) is 5.78. The number of benzene rings is 1. The highest BCUT2D eigenvalue weighted by Crippen LogP contribution is 2.59. The van der Waals surface area contributed by atoms with E-state index in [1.807, 2.05) is 18.6 Å². The number of aliphatic hydroxyl groups is 1. The second-order valence-corrected chi connectivity index (χ2v) is 10.5. The van der Waals surface area contributed by atoms with E-state index in [0.717, 1.165) is 25.0 Å². The van der Waals surface area contributed by atoms with E-state index in [1.165, 1.54) is 11.1 Å². The van der Waals surface area contributed by atoms with Crippen molar-refractivity contribution in [2.45, 2.75) is 38.3 Å². The van der Waals surface area contributed by atoms with Gasteiger partial charge in [0.1, 0.15) is 0 Å². The Morgan fingerprint density at radius 3 is 2.70 bits per heavy atom. The highest BCUT2D eigenvalue weighted by molar-refractivity contribution is 7.89. The third-order valence-corrected chi connectivity index (χ3v) is 8.96. The molecule has 2 aromatic rings. The summed E-state index contributed by atoms with van der Waals surface area (Å²) in [4.78, 5) is 4.32. The van der Waals surface area contributed by atoms with Crippen LogP contribution in [0.5, 0.6) is 0 Å². The zero-order valence-electron chi connectivity index (χ0n) is 15.5. The minimum atomic E-state index is -3.14. The second kappa shape index (κ2) is 5.90. The highest BCUT2D eigenvalue weighted by atomic mass is 32.2. The molecule has 5 rings (SSSR count). The predicted molar refractivity (Wildman–Crippen MR) is 103 cm³/mol. The summed E-state index contributed by atoms with van der Waals surface area (Å²) < 4.78 is 28.0. The molecule has 0 radical (unpaired) electrons. The van der Waals surface area contributed by atoms with E-state index in [4.69, 9.17) is 0 Å². The molecule has 1 aliphatic carbocycles. The largest absolute Gasteiger partial charge is 0.392 e. The number of hydrogen-bond donors (Lipinski definition) is 1. The van der Waals surface area contributed by atoms with Crippen molar-refractivity contribution in [2.75, 3.05) is 18.8 Å². The van der Waals surface area contributed by atoms with E-state index >= 15 is 0 Å². The fourth-order valence-electron chi connectivity index (χ4n) is 5.48. The van der Waals surface area contributed by atoms with Crippen LogP contribution in [-0.4, -0.2) is 52.3 Å². The third-order valence-electron chi connectivity index (χ3n) is 7.08. The maximum Gasteiger partial charge on any atom is 0.213 e. The molecule has 27 heavy (non-hydrogen) atoms. The van der Waals surface area contributed by atoms with Crippen LogP contribution in [0.2, 0.25) is 0 Å². The molecule has 7 heteroatoms. The van der Waals surface area contributed by atoms with Crippen LogP contribution in [0.3, 0.4) is 0 Å². The van der Waals surface area contributed by atoms with Crippen molar-refractivity contribution in [3.05, 3.63) is 42.4 Å². The van der Waals surface area contributed by atoms with Crippen LogP contribution >= 0.6 is 0 Å². The summed E-state index contributed by atoms with van der Waals surface area (Å²) in [5, 5.41) is 11.2. The fraction of sp³-hybridized carbons (Fsp3) is 0.550. The first-order valence-electron chi connectivity index (χ1n) is 9.74. The minimum absolute atomic E-state index is 0.122. The van der Waals surface area contributed by atoms with E-state index in [9.17, 15) is 13.5 Å². The van der Waals surface area contributed by atoms with Crippen molar-refractivity contribution in [2.24, 2.45) is 11.3 Å². The molecule has 1 N–H and O–H groups in total. The second-order valence-electron chi connectivity index (χ2n) is 8.19. The lowest BCUT2D eigenvalue weighted by atomic mass is 9.53. The molecule has 0 bridgehead atoms. The van der Waals surface area contributed by atoms with Crippen LogP contribution in [0.25, 0.3) is 11.3 Å². The Morgan fingerprint density at radius 1 is 1.26 bits per heavy atom.